The van der Waals surface area contributed by atoms with Gasteiger partial charge in [-0.1, -0.05) is 24.3 Å². The second kappa shape index (κ2) is 7.24. The molecule has 0 spiro atoms. The Morgan fingerprint density at radius 1 is 1.37 bits per heavy atom. The van der Waals surface area contributed by atoms with E-state index in [1.165, 1.54) is 22.1 Å². The van der Waals surface area contributed by atoms with Crippen molar-refractivity contribution in [1.82, 2.24) is 14.5 Å². The molecule has 1 aromatic carbocycles. The van der Waals surface area contributed by atoms with Crippen LogP contribution in [0.2, 0.25) is 0 Å². The first-order valence-electron chi connectivity index (χ1n) is 9.92. The first kappa shape index (κ1) is 17.9. The van der Waals surface area contributed by atoms with Gasteiger partial charge in [-0.05, 0) is 49.5 Å². The molecule has 142 valence electrons. The molecule has 1 aliphatic carbocycles. The van der Waals surface area contributed by atoms with Crippen LogP contribution in [0.25, 0.3) is 16.5 Å². The summed E-state index contributed by atoms with van der Waals surface area (Å²) in [6.07, 6.45) is 8.54. The molecular weight excluding hydrogens is 336 g/mol. The minimum atomic E-state index is -0.0574. The fourth-order valence-electron chi connectivity index (χ4n) is 4.54. The summed E-state index contributed by atoms with van der Waals surface area (Å²) in [6.45, 7) is 11.3. The Morgan fingerprint density at radius 3 is 2.93 bits per heavy atom. The van der Waals surface area contributed by atoms with Crippen LogP contribution >= 0.6 is 0 Å². The van der Waals surface area contributed by atoms with Crippen molar-refractivity contribution in [3.05, 3.63) is 54.3 Å². The average molecular weight is 364 g/mol. The summed E-state index contributed by atoms with van der Waals surface area (Å²) in [7, 11) is 0. The van der Waals surface area contributed by atoms with Crippen molar-refractivity contribution in [2.45, 2.75) is 32.7 Å². The van der Waals surface area contributed by atoms with Gasteiger partial charge in [0.15, 0.2) is 0 Å². The number of rotatable bonds is 5. The molecule has 1 aliphatic heterocycles. The van der Waals surface area contributed by atoms with E-state index in [4.69, 9.17) is 0 Å². The third-order valence-electron chi connectivity index (χ3n) is 5.84. The van der Waals surface area contributed by atoms with Crippen LogP contribution in [-0.2, 0) is 6.42 Å². The van der Waals surface area contributed by atoms with E-state index in [0.29, 0.717) is 19.1 Å². The maximum Gasteiger partial charge on any atom is 0.336 e. The fourth-order valence-corrected chi connectivity index (χ4v) is 4.54. The van der Waals surface area contributed by atoms with Crippen LogP contribution in [0.3, 0.4) is 0 Å². The molecule has 2 heterocycles. The lowest BCUT2D eigenvalue weighted by Gasteiger charge is -2.38. The number of amides is 2. The number of carbonyl (C=O) groups excluding carboxylic acids is 1. The van der Waals surface area contributed by atoms with Gasteiger partial charge in [0.25, 0.3) is 0 Å². The lowest BCUT2D eigenvalue weighted by molar-refractivity contribution is 0.214. The first-order chi connectivity index (χ1) is 13.2. The number of hydrogen-bond acceptors (Lipinski definition) is 2. The molecule has 2 amide bonds. The van der Waals surface area contributed by atoms with Gasteiger partial charge in [0.1, 0.15) is 0 Å². The highest BCUT2D eigenvalue weighted by molar-refractivity contribution is 5.99. The van der Waals surface area contributed by atoms with E-state index in [2.05, 4.69) is 47.4 Å². The molecule has 4 rings (SSSR count). The SMILES string of the molecule is C=CCN1CCC=C2c3cccc4c3c(cn4NC(=O)N(CC)CC)C[C@H]21. The van der Waals surface area contributed by atoms with Crippen LogP contribution in [0.15, 0.2) is 43.1 Å². The summed E-state index contributed by atoms with van der Waals surface area (Å²) in [5.74, 6) is 0. The standard InChI is InChI=1S/C22H28N4O/c1-4-12-25-13-8-10-17-18-9-7-11-19-21(18)16(14-20(17)25)15-26(19)23-22(27)24(5-2)6-3/h4,7,9-11,15,20H,1,5-6,8,12-14H2,2-3H3,(H,23,27)/t20-/m1/s1. The molecule has 2 aromatic rings. The van der Waals surface area contributed by atoms with Crippen LogP contribution < -0.4 is 5.43 Å². The predicted molar refractivity (Wildman–Crippen MR) is 111 cm³/mol. The zero-order chi connectivity index (χ0) is 19.0. The molecule has 1 atom stereocenters. The minimum Gasteiger partial charge on any atom is -0.324 e. The quantitative estimate of drug-likeness (QED) is 0.819. The number of nitrogens with zero attached hydrogens (tertiary/aromatic N) is 3. The van der Waals surface area contributed by atoms with Crippen molar-refractivity contribution >= 4 is 22.5 Å². The van der Waals surface area contributed by atoms with E-state index in [1.54, 1.807) is 4.90 Å². The zero-order valence-corrected chi connectivity index (χ0v) is 16.2. The van der Waals surface area contributed by atoms with Crippen LogP contribution in [0.4, 0.5) is 4.79 Å². The van der Waals surface area contributed by atoms with E-state index in [1.807, 2.05) is 24.6 Å². The number of hydrogen-bond donors (Lipinski definition) is 1. The molecule has 1 N–H and O–H groups in total. The normalized spacial score (nSPS) is 18.7. The largest absolute Gasteiger partial charge is 0.336 e. The Labute approximate surface area is 160 Å². The van der Waals surface area contributed by atoms with Gasteiger partial charge >= 0.3 is 6.03 Å². The highest BCUT2D eigenvalue weighted by atomic mass is 16.2. The van der Waals surface area contributed by atoms with Crippen molar-refractivity contribution in [2.75, 3.05) is 31.6 Å². The molecule has 27 heavy (non-hydrogen) atoms. The zero-order valence-electron chi connectivity index (χ0n) is 16.2. The van der Waals surface area contributed by atoms with Crippen molar-refractivity contribution in [3.8, 4) is 0 Å². The Hall–Kier alpha value is -2.53. The Balaban J connectivity index is 1.75. The van der Waals surface area contributed by atoms with E-state index < -0.39 is 0 Å². The van der Waals surface area contributed by atoms with E-state index in [0.717, 1.165) is 31.4 Å². The number of carbonyl (C=O) groups is 1. The summed E-state index contributed by atoms with van der Waals surface area (Å²) in [5.41, 5.74) is 8.18. The third-order valence-corrected chi connectivity index (χ3v) is 5.84. The molecule has 0 fully saturated rings. The third kappa shape index (κ3) is 2.96. The molecule has 1 aromatic heterocycles. The fraction of sp³-hybridized carbons (Fsp3) is 0.409. The number of fused-ring (bicyclic) bond motifs is 2. The monoisotopic (exact) mass is 364 g/mol. The maximum absolute atomic E-state index is 12.6. The van der Waals surface area contributed by atoms with E-state index in [9.17, 15) is 4.79 Å². The van der Waals surface area contributed by atoms with Gasteiger partial charge in [-0.25, -0.2) is 10.2 Å². The summed E-state index contributed by atoms with van der Waals surface area (Å²) in [6, 6.07) is 6.74. The van der Waals surface area contributed by atoms with Gasteiger partial charge in [-0.15, -0.1) is 6.58 Å². The molecule has 0 saturated carbocycles. The van der Waals surface area contributed by atoms with Gasteiger partial charge in [0.05, 0.1) is 5.52 Å². The number of aromatic nitrogens is 1. The Bertz CT molecular complexity index is 906. The van der Waals surface area contributed by atoms with Crippen LogP contribution in [-0.4, -0.2) is 52.7 Å². The molecule has 0 radical (unpaired) electrons. The Morgan fingerprint density at radius 2 is 2.19 bits per heavy atom. The van der Waals surface area contributed by atoms with Gasteiger partial charge in [-0.2, -0.15) is 0 Å². The highest BCUT2D eigenvalue weighted by Gasteiger charge is 2.32. The maximum atomic E-state index is 12.6. The van der Waals surface area contributed by atoms with Crippen molar-refractivity contribution in [2.24, 2.45) is 0 Å². The predicted octanol–water partition coefficient (Wildman–Crippen LogP) is 3.85. The lowest BCUT2D eigenvalue weighted by atomic mass is 9.82. The molecule has 2 aliphatic rings. The van der Waals surface area contributed by atoms with E-state index >= 15 is 0 Å². The van der Waals surface area contributed by atoms with E-state index in [-0.39, 0.29) is 6.03 Å². The summed E-state index contributed by atoms with van der Waals surface area (Å²) in [4.78, 5) is 16.9. The van der Waals surface area contributed by atoms with Crippen LogP contribution in [0.5, 0.6) is 0 Å². The number of urea groups is 1. The average Bonchev–Trinajstić information content (AvgIpc) is 3.02. The van der Waals surface area contributed by atoms with Gasteiger partial charge in [0.2, 0.25) is 0 Å². The lowest BCUT2D eigenvalue weighted by Crippen LogP contribution is -2.42. The second-order valence-electron chi connectivity index (χ2n) is 7.26. The number of benzene rings is 1. The summed E-state index contributed by atoms with van der Waals surface area (Å²) < 4.78 is 1.91. The van der Waals surface area contributed by atoms with Gasteiger partial charge in [0, 0.05) is 43.8 Å². The second-order valence-corrected chi connectivity index (χ2v) is 7.26. The number of nitrogens with one attached hydrogen (secondary N) is 1. The van der Waals surface area contributed by atoms with Crippen LogP contribution in [0, 0.1) is 0 Å². The van der Waals surface area contributed by atoms with Crippen molar-refractivity contribution in [3.63, 3.8) is 0 Å². The molecule has 0 bridgehead atoms. The Kier molecular flexibility index (Phi) is 4.79. The molecular formula is C22H28N4O. The molecule has 5 nitrogen and oxygen atoms in total. The topological polar surface area (TPSA) is 40.5 Å². The van der Waals surface area contributed by atoms with Crippen molar-refractivity contribution < 1.29 is 4.79 Å². The highest BCUT2D eigenvalue weighted by Crippen LogP contribution is 2.40. The molecule has 0 unspecified atom stereocenters. The molecule has 0 saturated heterocycles. The van der Waals surface area contributed by atoms with Gasteiger partial charge < -0.3 is 4.90 Å². The van der Waals surface area contributed by atoms with Crippen molar-refractivity contribution in [1.29, 1.82) is 0 Å². The summed E-state index contributed by atoms with van der Waals surface area (Å²) in [5, 5.41) is 1.28. The molecule has 5 heteroatoms. The summed E-state index contributed by atoms with van der Waals surface area (Å²) >= 11 is 0. The smallest absolute Gasteiger partial charge is 0.324 e. The minimum absolute atomic E-state index is 0.0574. The first-order valence-corrected chi connectivity index (χ1v) is 9.92. The van der Waals surface area contributed by atoms with Crippen LogP contribution in [0.1, 0.15) is 31.4 Å². The van der Waals surface area contributed by atoms with Gasteiger partial charge in [-0.3, -0.25) is 9.58 Å².